The van der Waals surface area contributed by atoms with E-state index in [9.17, 15) is 13.2 Å². The highest BCUT2D eigenvalue weighted by Crippen LogP contribution is 2.51. The summed E-state index contributed by atoms with van der Waals surface area (Å²) in [6.45, 7) is 1.30. The summed E-state index contributed by atoms with van der Waals surface area (Å²) in [4.78, 5) is 15.1. The molecule has 7 heteroatoms. The van der Waals surface area contributed by atoms with Crippen molar-refractivity contribution in [2.75, 3.05) is 19.3 Å². The normalized spacial score (nSPS) is 24.3. The zero-order chi connectivity index (χ0) is 21.3. The van der Waals surface area contributed by atoms with Crippen molar-refractivity contribution in [3.63, 3.8) is 0 Å². The Bertz CT molecular complexity index is 1040. The number of amides is 1. The maximum absolute atomic E-state index is 13.2. The number of hydrogen-bond acceptors (Lipinski definition) is 3. The Balaban J connectivity index is 1.45. The Hall–Kier alpha value is -1.89. The Morgan fingerprint density at radius 3 is 2.67 bits per heavy atom. The van der Waals surface area contributed by atoms with Gasteiger partial charge in [0.25, 0.3) is 0 Å². The molecule has 2 aromatic carbocycles. The summed E-state index contributed by atoms with van der Waals surface area (Å²) < 4.78 is 25.7. The predicted molar refractivity (Wildman–Crippen MR) is 120 cm³/mol. The molecule has 1 saturated heterocycles. The highest BCUT2D eigenvalue weighted by atomic mass is 35.5. The molecule has 2 fully saturated rings. The van der Waals surface area contributed by atoms with Gasteiger partial charge in [0.15, 0.2) is 0 Å². The second kappa shape index (κ2) is 8.69. The molecule has 1 heterocycles. The molecule has 1 N–H and O–H groups in total. The molecule has 5 nitrogen and oxygen atoms in total. The van der Waals surface area contributed by atoms with E-state index in [1.54, 1.807) is 0 Å². The lowest BCUT2D eigenvalue weighted by molar-refractivity contribution is -0.132. The number of nitrogens with zero attached hydrogens (tertiary/aromatic N) is 1. The van der Waals surface area contributed by atoms with Gasteiger partial charge in [-0.1, -0.05) is 48.0 Å². The fourth-order valence-corrected chi connectivity index (χ4v) is 5.55. The molecule has 0 aromatic heterocycles. The minimum atomic E-state index is -3.22. The largest absolute Gasteiger partial charge is 0.342 e. The fraction of sp³-hybridized carbons (Fsp3) is 0.435. The third-order valence-electron chi connectivity index (χ3n) is 6.02. The van der Waals surface area contributed by atoms with Crippen LogP contribution in [0.4, 0.5) is 0 Å². The number of halogens is 1. The summed E-state index contributed by atoms with van der Waals surface area (Å²) in [6.07, 6.45) is 4.29. The topological polar surface area (TPSA) is 66.5 Å². The minimum Gasteiger partial charge on any atom is -0.342 e. The number of benzene rings is 2. The van der Waals surface area contributed by atoms with Gasteiger partial charge in [-0.25, -0.2) is 13.1 Å². The van der Waals surface area contributed by atoms with Gasteiger partial charge < -0.3 is 4.90 Å². The Kier molecular flexibility index (Phi) is 6.19. The molecule has 3 unspecified atom stereocenters. The average molecular weight is 447 g/mol. The Labute approximate surface area is 183 Å². The van der Waals surface area contributed by atoms with E-state index in [-0.39, 0.29) is 23.8 Å². The lowest BCUT2D eigenvalue weighted by Crippen LogP contribution is -2.36. The van der Waals surface area contributed by atoms with Crippen LogP contribution in [0.3, 0.4) is 0 Å². The molecule has 1 aliphatic carbocycles. The third-order valence-corrected chi connectivity index (χ3v) is 7.02. The summed E-state index contributed by atoms with van der Waals surface area (Å²) in [6, 6.07) is 16.0. The minimum absolute atomic E-state index is 0.00440. The van der Waals surface area contributed by atoms with E-state index in [1.807, 2.05) is 41.3 Å². The molecule has 0 radical (unpaired) electrons. The number of carbonyl (C=O) groups is 1. The van der Waals surface area contributed by atoms with Crippen molar-refractivity contribution >= 4 is 27.5 Å². The first-order chi connectivity index (χ1) is 14.3. The van der Waals surface area contributed by atoms with Crippen molar-refractivity contribution in [3.05, 3.63) is 59.1 Å². The number of hydrogen-bond donors (Lipinski definition) is 1. The molecule has 1 aliphatic heterocycles. The zero-order valence-corrected chi connectivity index (χ0v) is 18.6. The van der Waals surface area contributed by atoms with Crippen molar-refractivity contribution in [1.82, 2.24) is 9.62 Å². The average Bonchev–Trinajstić information content (AvgIpc) is 3.51. The van der Waals surface area contributed by atoms with E-state index in [0.29, 0.717) is 24.5 Å². The number of sulfonamides is 1. The molecule has 0 spiro atoms. The number of rotatable bonds is 5. The van der Waals surface area contributed by atoms with E-state index in [0.717, 1.165) is 30.4 Å². The molecule has 1 saturated carbocycles. The van der Waals surface area contributed by atoms with Crippen LogP contribution in [0.15, 0.2) is 48.5 Å². The zero-order valence-electron chi connectivity index (χ0n) is 17.1. The second-order valence-electron chi connectivity index (χ2n) is 8.39. The fourth-order valence-electron chi connectivity index (χ4n) is 4.52. The van der Waals surface area contributed by atoms with Crippen LogP contribution in [0.2, 0.25) is 5.02 Å². The third kappa shape index (κ3) is 5.05. The van der Waals surface area contributed by atoms with Crippen molar-refractivity contribution in [2.24, 2.45) is 5.92 Å². The van der Waals surface area contributed by atoms with Crippen LogP contribution in [-0.2, 0) is 14.8 Å². The van der Waals surface area contributed by atoms with Gasteiger partial charge in [-0.15, -0.1) is 0 Å². The quantitative estimate of drug-likeness (QED) is 0.753. The highest BCUT2D eigenvalue weighted by molar-refractivity contribution is 7.88. The highest BCUT2D eigenvalue weighted by Gasteiger charge is 2.46. The van der Waals surface area contributed by atoms with Gasteiger partial charge in [0, 0.05) is 30.1 Å². The monoisotopic (exact) mass is 446 g/mol. The van der Waals surface area contributed by atoms with E-state index in [2.05, 4.69) is 16.9 Å². The Morgan fingerprint density at radius 2 is 1.90 bits per heavy atom. The van der Waals surface area contributed by atoms with Gasteiger partial charge in [-0.05, 0) is 60.4 Å². The van der Waals surface area contributed by atoms with Gasteiger partial charge in [0.1, 0.15) is 0 Å². The van der Waals surface area contributed by atoms with Crippen molar-refractivity contribution in [3.8, 4) is 11.1 Å². The molecule has 1 amide bonds. The van der Waals surface area contributed by atoms with Crippen LogP contribution in [-0.4, -0.2) is 44.6 Å². The molecule has 3 atom stereocenters. The summed E-state index contributed by atoms with van der Waals surface area (Å²) in [7, 11) is -3.22. The smallest absolute Gasteiger partial charge is 0.226 e. The lowest BCUT2D eigenvalue weighted by atomic mass is 9.96. The Morgan fingerprint density at radius 1 is 1.10 bits per heavy atom. The lowest BCUT2D eigenvalue weighted by Gasteiger charge is -2.21. The van der Waals surface area contributed by atoms with Gasteiger partial charge in [0.05, 0.1) is 6.26 Å². The first-order valence-corrected chi connectivity index (χ1v) is 12.7. The molecule has 4 rings (SSSR count). The van der Waals surface area contributed by atoms with Gasteiger partial charge in [-0.2, -0.15) is 0 Å². The maximum Gasteiger partial charge on any atom is 0.226 e. The maximum atomic E-state index is 13.2. The first-order valence-electron chi connectivity index (χ1n) is 10.4. The summed E-state index contributed by atoms with van der Waals surface area (Å²) in [5.74, 6) is 0.423. The molecule has 2 aliphatic rings. The van der Waals surface area contributed by atoms with Crippen LogP contribution in [0.25, 0.3) is 11.1 Å². The van der Waals surface area contributed by atoms with Crippen LogP contribution in [0.1, 0.15) is 37.2 Å². The summed E-state index contributed by atoms with van der Waals surface area (Å²) in [5, 5.41) is 0.701. The molecular formula is C23H27ClN2O3S. The van der Waals surface area contributed by atoms with Gasteiger partial charge in [-0.3, -0.25) is 4.79 Å². The molecule has 0 bridgehead atoms. The summed E-state index contributed by atoms with van der Waals surface area (Å²) in [5.41, 5.74) is 3.40. The van der Waals surface area contributed by atoms with E-state index in [4.69, 9.17) is 11.6 Å². The molecular weight excluding hydrogens is 420 g/mol. The predicted octanol–water partition coefficient (Wildman–Crippen LogP) is 4.04. The van der Waals surface area contributed by atoms with Crippen molar-refractivity contribution < 1.29 is 13.2 Å². The molecule has 30 heavy (non-hydrogen) atoms. The van der Waals surface area contributed by atoms with Crippen LogP contribution in [0.5, 0.6) is 0 Å². The van der Waals surface area contributed by atoms with E-state index >= 15 is 0 Å². The van der Waals surface area contributed by atoms with Gasteiger partial charge in [0.2, 0.25) is 15.9 Å². The van der Waals surface area contributed by atoms with E-state index in [1.165, 1.54) is 11.8 Å². The van der Waals surface area contributed by atoms with Crippen molar-refractivity contribution in [1.29, 1.82) is 0 Å². The van der Waals surface area contributed by atoms with Crippen LogP contribution < -0.4 is 4.72 Å². The SMILES string of the molecule is CS(=O)(=O)NC1CCCN(C(=O)C2CC2c2ccccc2-c2cccc(Cl)c2)CC1. The second-order valence-corrected chi connectivity index (χ2v) is 10.6. The van der Waals surface area contributed by atoms with Gasteiger partial charge >= 0.3 is 0 Å². The number of likely N-dealkylation sites (tertiary alicyclic amines) is 1. The first kappa shape index (κ1) is 21.3. The molecule has 2 aromatic rings. The summed E-state index contributed by atoms with van der Waals surface area (Å²) >= 11 is 6.19. The number of nitrogens with one attached hydrogen (secondary N) is 1. The number of carbonyl (C=O) groups excluding carboxylic acids is 1. The van der Waals surface area contributed by atoms with Crippen LogP contribution >= 0.6 is 11.6 Å². The van der Waals surface area contributed by atoms with Crippen molar-refractivity contribution in [2.45, 2.75) is 37.6 Å². The van der Waals surface area contributed by atoms with Crippen LogP contribution in [0, 0.1) is 5.92 Å². The standard InChI is InChI=1S/C23H27ClN2O3S/c1-30(28,29)25-18-8-5-12-26(13-11-18)23(27)22-15-21(22)20-10-3-2-9-19(20)16-6-4-7-17(24)14-16/h2-4,6-7,9-10,14,18,21-22,25H,5,8,11-13,15H2,1H3. The van der Waals surface area contributed by atoms with E-state index < -0.39 is 10.0 Å². The molecule has 160 valence electrons.